The number of aryl methyl sites for hydroxylation is 1. The summed E-state index contributed by atoms with van der Waals surface area (Å²) in [7, 11) is 0. The summed E-state index contributed by atoms with van der Waals surface area (Å²) in [6.45, 7) is 6.52. The quantitative estimate of drug-likeness (QED) is 0.707. The van der Waals surface area contributed by atoms with Crippen molar-refractivity contribution in [3.8, 4) is 0 Å². The first-order valence-electron chi connectivity index (χ1n) is 4.75. The topological polar surface area (TPSA) is 0 Å². The highest BCUT2D eigenvalue weighted by molar-refractivity contribution is 9.09. The van der Waals surface area contributed by atoms with Crippen molar-refractivity contribution >= 4 is 27.5 Å². The third-order valence-corrected chi connectivity index (χ3v) is 4.21. The lowest BCUT2D eigenvalue weighted by molar-refractivity contribution is 0.425. The first kappa shape index (κ1) is 12.1. The maximum atomic E-state index is 6.07. The van der Waals surface area contributed by atoms with Crippen molar-refractivity contribution in [2.24, 2.45) is 5.41 Å². The van der Waals surface area contributed by atoms with Gasteiger partial charge in [-0.15, -0.1) is 0 Å². The van der Waals surface area contributed by atoms with E-state index in [0.717, 1.165) is 22.3 Å². The Bertz CT molecular complexity index is 318. The number of hydrogen-bond acceptors (Lipinski definition) is 0. The Morgan fingerprint density at radius 1 is 1.36 bits per heavy atom. The Labute approximate surface area is 99.8 Å². The van der Waals surface area contributed by atoms with E-state index in [1.807, 2.05) is 6.92 Å². The molecule has 0 saturated carbocycles. The zero-order chi connectivity index (χ0) is 10.8. The molecular formula is C12H16BrCl. The van der Waals surface area contributed by atoms with E-state index in [-0.39, 0.29) is 0 Å². The minimum absolute atomic E-state index is 0.290. The molecule has 0 radical (unpaired) electrons. The second-order valence-corrected chi connectivity index (χ2v) is 5.53. The first-order valence-corrected chi connectivity index (χ1v) is 6.25. The van der Waals surface area contributed by atoms with Crippen LogP contribution < -0.4 is 0 Å². The Hall–Kier alpha value is -0.0100. The van der Waals surface area contributed by atoms with Crippen molar-refractivity contribution in [2.75, 3.05) is 5.33 Å². The summed E-state index contributed by atoms with van der Waals surface area (Å²) < 4.78 is 0. The smallest absolute Gasteiger partial charge is 0.0437 e. The fourth-order valence-electron chi connectivity index (χ4n) is 1.35. The van der Waals surface area contributed by atoms with Crippen LogP contribution in [0.1, 0.15) is 25.0 Å². The highest BCUT2D eigenvalue weighted by Crippen LogP contribution is 2.26. The number of benzene rings is 1. The number of halogens is 2. The lowest BCUT2D eigenvalue weighted by atomic mass is 9.88. The molecule has 0 spiro atoms. The summed E-state index contributed by atoms with van der Waals surface area (Å²) in [6, 6.07) is 6.31. The molecule has 0 aliphatic rings. The minimum Gasteiger partial charge on any atom is -0.0922 e. The van der Waals surface area contributed by atoms with Gasteiger partial charge in [-0.05, 0) is 36.0 Å². The largest absolute Gasteiger partial charge is 0.0922 e. The SMILES string of the molecule is Cc1ccc(CC(C)(C)CBr)cc1Cl. The molecule has 0 saturated heterocycles. The molecule has 14 heavy (non-hydrogen) atoms. The van der Waals surface area contributed by atoms with Crippen LogP contribution in [-0.2, 0) is 6.42 Å². The third-order valence-electron chi connectivity index (χ3n) is 2.28. The number of alkyl halides is 1. The van der Waals surface area contributed by atoms with Crippen molar-refractivity contribution in [2.45, 2.75) is 27.2 Å². The van der Waals surface area contributed by atoms with Crippen molar-refractivity contribution in [1.82, 2.24) is 0 Å². The second kappa shape index (κ2) is 4.67. The van der Waals surface area contributed by atoms with Gasteiger partial charge in [0.05, 0.1) is 0 Å². The van der Waals surface area contributed by atoms with E-state index in [1.165, 1.54) is 5.56 Å². The summed E-state index contributed by atoms with van der Waals surface area (Å²) in [5.41, 5.74) is 2.75. The summed E-state index contributed by atoms with van der Waals surface area (Å²) in [6.07, 6.45) is 1.05. The molecule has 0 bridgehead atoms. The zero-order valence-corrected chi connectivity index (χ0v) is 11.2. The molecule has 0 unspecified atom stereocenters. The second-order valence-electron chi connectivity index (χ2n) is 4.56. The lowest BCUT2D eigenvalue weighted by Gasteiger charge is -2.21. The van der Waals surface area contributed by atoms with Gasteiger partial charge in [-0.3, -0.25) is 0 Å². The van der Waals surface area contributed by atoms with Crippen molar-refractivity contribution in [3.05, 3.63) is 34.3 Å². The summed E-state index contributed by atoms with van der Waals surface area (Å²) in [5, 5.41) is 1.87. The van der Waals surface area contributed by atoms with Crippen molar-refractivity contribution < 1.29 is 0 Å². The molecule has 2 heteroatoms. The van der Waals surface area contributed by atoms with E-state index in [9.17, 15) is 0 Å². The lowest BCUT2D eigenvalue weighted by Crippen LogP contribution is -2.16. The van der Waals surface area contributed by atoms with Crippen LogP contribution in [0.4, 0.5) is 0 Å². The van der Waals surface area contributed by atoms with Crippen LogP contribution in [0.2, 0.25) is 5.02 Å². The van der Waals surface area contributed by atoms with E-state index in [0.29, 0.717) is 5.41 Å². The molecule has 0 heterocycles. The fraction of sp³-hybridized carbons (Fsp3) is 0.500. The molecule has 1 rings (SSSR count). The summed E-state index contributed by atoms with van der Waals surface area (Å²) in [4.78, 5) is 0. The molecule has 0 N–H and O–H groups in total. The van der Waals surface area contributed by atoms with Crippen LogP contribution in [0.5, 0.6) is 0 Å². The molecular weight excluding hydrogens is 259 g/mol. The molecule has 1 aromatic rings. The molecule has 0 amide bonds. The Kier molecular flexibility index (Phi) is 4.03. The van der Waals surface area contributed by atoms with Crippen LogP contribution in [0.25, 0.3) is 0 Å². The Balaban J connectivity index is 2.83. The maximum absolute atomic E-state index is 6.07. The molecule has 0 aromatic heterocycles. The van der Waals surface area contributed by atoms with E-state index < -0.39 is 0 Å². The van der Waals surface area contributed by atoms with E-state index in [2.05, 4.69) is 48.0 Å². The zero-order valence-electron chi connectivity index (χ0n) is 8.90. The van der Waals surface area contributed by atoms with Crippen LogP contribution >= 0.6 is 27.5 Å². The van der Waals surface area contributed by atoms with Gasteiger partial charge >= 0.3 is 0 Å². The van der Waals surface area contributed by atoms with Crippen molar-refractivity contribution in [3.63, 3.8) is 0 Å². The van der Waals surface area contributed by atoms with Gasteiger partial charge in [-0.25, -0.2) is 0 Å². The number of hydrogen-bond donors (Lipinski definition) is 0. The fourth-order valence-corrected chi connectivity index (χ4v) is 1.75. The highest BCUT2D eigenvalue weighted by atomic mass is 79.9. The molecule has 0 fully saturated rings. The normalized spacial score (nSPS) is 11.8. The average molecular weight is 276 g/mol. The van der Waals surface area contributed by atoms with Crippen molar-refractivity contribution in [1.29, 1.82) is 0 Å². The molecule has 0 atom stereocenters. The van der Waals surface area contributed by atoms with Crippen LogP contribution in [0.15, 0.2) is 18.2 Å². The Morgan fingerprint density at radius 2 is 2.00 bits per heavy atom. The van der Waals surface area contributed by atoms with Gasteiger partial charge in [0, 0.05) is 10.4 Å². The van der Waals surface area contributed by atoms with Gasteiger partial charge in [-0.1, -0.05) is 53.5 Å². The molecule has 0 aliphatic heterocycles. The van der Waals surface area contributed by atoms with Crippen LogP contribution in [0, 0.1) is 12.3 Å². The molecule has 0 nitrogen and oxygen atoms in total. The molecule has 1 aromatic carbocycles. The monoisotopic (exact) mass is 274 g/mol. The first-order chi connectivity index (χ1) is 6.44. The van der Waals surface area contributed by atoms with Crippen LogP contribution in [0.3, 0.4) is 0 Å². The van der Waals surface area contributed by atoms with E-state index >= 15 is 0 Å². The predicted molar refractivity (Wildman–Crippen MR) is 67.5 cm³/mol. The average Bonchev–Trinajstić information content (AvgIpc) is 2.11. The number of rotatable bonds is 3. The van der Waals surface area contributed by atoms with Gasteiger partial charge < -0.3 is 0 Å². The van der Waals surface area contributed by atoms with Crippen LogP contribution in [-0.4, -0.2) is 5.33 Å². The molecule has 0 aliphatic carbocycles. The standard InChI is InChI=1S/C12H16BrCl/c1-9-4-5-10(6-11(9)14)7-12(2,3)8-13/h4-6H,7-8H2,1-3H3. The van der Waals surface area contributed by atoms with E-state index in [1.54, 1.807) is 0 Å². The predicted octanol–water partition coefficient (Wildman–Crippen LogP) is 4.61. The third kappa shape index (κ3) is 3.29. The van der Waals surface area contributed by atoms with Gasteiger partial charge in [0.15, 0.2) is 0 Å². The van der Waals surface area contributed by atoms with Gasteiger partial charge in [0.1, 0.15) is 0 Å². The summed E-state index contributed by atoms with van der Waals surface area (Å²) >= 11 is 9.60. The molecule has 78 valence electrons. The highest BCUT2D eigenvalue weighted by Gasteiger charge is 2.16. The van der Waals surface area contributed by atoms with Gasteiger partial charge in [0.2, 0.25) is 0 Å². The van der Waals surface area contributed by atoms with Gasteiger partial charge in [-0.2, -0.15) is 0 Å². The van der Waals surface area contributed by atoms with E-state index in [4.69, 9.17) is 11.6 Å². The van der Waals surface area contributed by atoms with Gasteiger partial charge in [0.25, 0.3) is 0 Å². The Morgan fingerprint density at radius 3 is 2.50 bits per heavy atom. The summed E-state index contributed by atoms with van der Waals surface area (Å²) in [5.74, 6) is 0. The maximum Gasteiger partial charge on any atom is 0.0437 e. The minimum atomic E-state index is 0.290.